The van der Waals surface area contributed by atoms with Gasteiger partial charge in [0.15, 0.2) is 0 Å². The molecule has 1 aromatic rings. The molecule has 1 aromatic carbocycles. The van der Waals surface area contributed by atoms with E-state index in [9.17, 15) is 14.4 Å². The molecule has 0 aliphatic rings. The number of esters is 1. The van der Waals surface area contributed by atoms with E-state index in [1.165, 1.54) is 3.61 Å². The van der Waals surface area contributed by atoms with E-state index in [0.717, 1.165) is 11.6 Å². The summed E-state index contributed by atoms with van der Waals surface area (Å²) in [6, 6.07) is 8.79. The second kappa shape index (κ2) is 9.37. The maximum absolute atomic E-state index is 11.8. The SMILES string of the molecule is COC(=O)[C@H](CC(=O)O)NC(=O)CC[Te]c1ccccc1. The predicted octanol–water partition coefficient (Wildman–Crippen LogP) is -0.0430. The number of ether oxygens (including phenoxy) is 1. The quantitative estimate of drug-likeness (QED) is 0.466. The Morgan fingerprint density at radius 1 is 1.29 bits per heavy atom. The summed E-state index contributed by atoms with van der Waals surface area (Å²) in [7, 11) is 1.16. The van der Waals surface area contributed by atoms with Gasteiger partial charge >= 0.3 is 133 Å². The molecule has 0 saturated heterocycles. The first-order chi connectivity index (χ1) is 10.0. The first-order valence-electron chi connectivity index (χ1n) is 6.29. The van der Waals surface area contributed by atoms with Crippen LogP contribution in [0.5, 0.6) is 0 Å². The van der Waals surface area contributed by atoms with Crippen molar-refractivity contribution in [2.45, 2.75) is 23.4 Å². The van der Waals surface area contributed by atoms with E-state index in [4.69, 9.17) is 5.11 Å². The van der Waals surface area contributed by atoms with Gasteiger partial charge in [-0.05, 0) is 0 Å². The van der Waals surface area contributed by atoms with Crippen molar-refractivity contribution in [3.8, 4) is 0 Å². The summed E-state index contributed by atoms with van der Waals surface area (Å²) >= 11 is -0.446. The second-order valence-corrected chi connectivity index (χ2v) is 7.49. The fourth-order valence-electron chi connectivity index (χ4n) is 1.55. The first kappa shape index (κ1) is 17.5. The molecule has 0 aliphatic carbocycles. The standard InChI is InChI=1S/C14H17NO5Te/c1-20-14(19)11(9-13(17)18)15-12(16)7-8-21-10-5-3-2-4-6-10/h2-6,11H,7-9H2,1H3,(H,15,16)(H,17,18)/t11-/m0/s1. The zero-order valence-corrected chi connectivity index (χ0v) is 13.9. The minimum absolute atomic E-state index is 0.282. The number of carboxylic acids is 1. The number of methoxy groups -OCH3 is 1. The van der Waals surface area contributed by atoms with Crippen LogP contribution >= 0.6 is 0 Å². The summed E-state index contributed by atoms with van der Waals surface area (Å²) in [5.41, 5.74) is 0. The van der Waals surface area contributed by atoms with Crippen molar-refractivity contribution < 1.29 is 24.2 Å². The Hall–Kier alpha value is -1.58. The van der Waals surface area contributed by atoms with Crippen LogP contribution in [0.1, 0.15) is 12.8 Å². The van der Waals surface area contributed by atoms with E-state index in [0.29, 0.717) is 0 Å². The average molecular weight is 407 g/mol. The van der Waals surface area contributed by atoms with Crippen LogP contribution in [-0.2, 0) is 19.1 Å². The molecule has 7 heteroatoms. The molecular weight excluding hydrogens is 390 g/mol. The van der Waals surface area contributed by atoms with Gasteiger partial charge < -0.3 is 0 Å². The van der Waals surface area contributed by atoms with Crippen LogP contribution in [0.25, 0.3) is 0 Å². The number of aliphatic carboxylic acids is 1. The summed E-state index contributed by atoms with van der Waals surface area (Å²) < 4.78 is 6.49. The number of carboxylic acid groups (broad SMARTS) is 1. The van der Waals surface area contributed by atoms with Crippen LogP contribution in [0.2, 0.25) is 4.47 Å². The molecule has 1 amide bonds. The van der Waals surface area contributed by atoms with Crippen molar-refractivity contribution >= 4 is 42.4 Å². The molecule has 21 heavy (non-hydrogen) atoms. The van der Waals surface area contributed by atoms with Crippen molar-refractivity contribution in [3.05, 3.63) is 30.3 Å². The third kappa shape index (κ3) is 7.11. The van der Waals surface area contributed by atoms with Crippen LogP contribution < -0.4 is 8.93 Å². The maximum atomic E-state index is 11.8. The second-order valence-electron chi connectivity index (χ2n) is 4.15. The van der Waals surface area contributed by atoms with E-state index >= 15 is 0 Å². The molecule has 0 fully saturated rings. The van der Waals surface area contributed by atoms with Crippen LogP contribution in [0.4, 0.5) is 0 Å². The normalized spacial score (nSPS) is 11.5. The van der Waals surface area contributed by atoms with Crippen molar-refractivity contribution in [1.82, 2.24) is 5.32 Å². The zero-order valence-electron chi connectivity index (χ0n) is 11.6. The number of rotatable bonds is 8. The number of benzene rings is 1. The number of hydrogen-bond donors (Lipinski definition) is 2. The number of nitrogens with one attached hydrogen (secondary N) is 1. The van der Waals surface area contributed by atoms with Crippen molar-refractivity contribution in [1.29, 1.82) is 0 Å². The van der Waals surface area contributed by atoms with Gasteiger partial charge in [-0.1, -0.05) is 0 Å². The third-order valence-electron chi connectivity index (χ3n) is 2.54. The van der Waals surface area contributed by atoms with Crippen molar-refractivity contribution in [2.75, 3.05) is 7.11 Å². The molecule has 0 saturated carbocycles. The molecule has 0 heterocycles. The van der Waals surface area contributed by atoms with Crippen LogP contribution in [0, 0.1) is 0 Å². The van der Waals surface area contributed by atoms with Crippen LogP contribution in [-0.4, -0.2) is 57.0 Å². The topological polar surface area (TPSA) is 92.7 Å². The van der Waals surface area contributed by atoms with Crippen molar-refractivity contribution in [3.63, 3.8) is 0 Å². The van der Waals surface area contributed by atoms with Gasteiger partial charge in [-0.15, -0.1) is 0 Å². The van der Waals surface area contributed by atoms with Gasteiger partial charge in [0.2, 0.25) is 0 Å². The third-order valence-corrected chi connectivity index (χ3v) is 5.43. The predicted molar refractivity (Wildman–Crippen MR) is 77.5 cm³/mol. The average Bonchev–Trinajstić information content (AvgIpc) is 2.46. The molecule has 0 radical (unpaired) electrons. The molecule has 1 rings (SSSR count). The Bertz CT molecular complexity index is 491. The Morgan fingerprint density at radius 2 is 1.95 bits per heavy atom. The Morgan fingerprint density at radius 3 is 2.52 bits per heavy atom. The summed E-state index contributed by atoms with van der Waals surface area (Å²) in [5, 5.41) is 11.1. The van der Waals surface area contributed by atoms with Gasteiger partial charge in [0.1, 0.15) is 0 Å². The van der Waals surface area contributed by atoms with Gasteiger partial charge in [-0.2, -0.15) is 0 Å². The number of carbonyl (C=O) groups is 3. The molecular formula is C14H17NO5Te. The number of amides is 1. The van der Waals surface area contributed by atoms with Gasteiger partial charge in [-0.3, -0.25) is 0 Å². The van der Waals surface area contributed by atoms with Crippen LogP contribution in [0.3, 0.4) is 0 Å². The molecule has 1 atom stereocenters. The molecule has 2 N–H and O–H groups in total. The summed E-state index contributed by atoms with van der Waals surface area (Å²) in [4.78, 5) is 33.8. The van der Waals surface area contributed by atoms with E-state index in [1.54, 1.807) is 0 Å². The Balaban J connectivity index is 2.39. The molecule has 6 nitrogen and oxygen atoms in total. The summed E-state index contributed by atoms with van der Waals surface area (Å²) in [6.07, 6.45) is -0.196. The van der Waals surface area contributed by atoms with Crippen molar-refractivity contribution in [2.24, 2.45) is 0 Å². The fraction of sp³-hybridized carbons (Fsp3) is 0.357. The van der Waals surface area contributed by atoms with E-state index in [-0.39, 0.29) is 12.3 Å². The van der Waals surface area contributed by atoms with E-state index < -0.39 is 45.3 Å². The fourth-order valence-corrected chi connectivity index (χ4v) is 4.05. The molecule has 114 valence electrons. The number of carbonyl (C=O) groups excluding carboxylic acids is 2. The molecule has 0 aromatic heterocycles. The summed E-state index contributed by atoms with van der Waals surface area (Å²) in [5.74, 6) is -2.23. The van der Waals surface area contributed by atoms with Gasteiger partial charge in [0.05, 0.1) is 0 Å². The van der Waals surface area contributed by atoms with Gasteiger partial charge in [-0.25, -0.2) is 0 Å². The van der Waals surface area contributed by atoms with Gasteiger partial charge in [0, 0.05) is 0 Å². The monoisotopic (exact) mass is 409 g/mol. The first-order valence-corrected chi connectivity index (χ1v) is 9.11. The molecule has 0 unspecified atom stereocenters. The zero-order chi connectivity index (χ0) is 15.7. The van der Waals surface area contributed by atoms with Gasteiger partial charge in [0.25, 0.3) is 0 Å². The molecule has 0 spiro atoms. The summed E-state index contributed by atoms with van der Waals surface area (Å²) in [6.45, 7) is 0. The number of hydrogen-bond acceptors (Lipinski definition) is 4. The van der Waals surface area contributed by atoms with E-state index in [1.807, 2.05) is 30.3 Å². The molecule has 0 aliphatic heterocycles. The Kier molecular flexibility index (Phi) is 7.80. The van der Waals surface area contributed by atoms with E-state index in [2.05, 4.69) is 10.1 Å². The minimum atomic E-state index is -1.16. The molecule has 0 bridgehead atoms. The van der Waals surface area contributed by atoms with Crippen LogP contribution in [0.15, 0.2) is 30.3 Å². The Labute approximate surface area is 132 Å².